The van der Waals surface area contributed by atoms with E-state index in [0.717, 1.165) is 38.5 Å². The van der Waals surface area contributed by atoms with Gasteiger partial charge in [-0.25, -0.2) is 0 Å². The summed E-state index contributed by atoms with van der Waals surface area (Å²) in [5.41, 5.74) is -0.372. The first-order valence-electron chi connectivity index (χ1n) is 7.41. The lowest BCUT2D eigenvalue weighted by Crippen LogP contribution is -2.36. The highest BCUT2D eigenvalue weighted by Gasteiger charge is 2.50. The normalized spacial score (nSPS) is 22.6. The third-order valence-electron chi connectivity index (χ3n) is 4.47. The van der Waals surface area contributed by atoms with Crippen molar-refractivity contribution >= 4 is 11.8 Å². The Morgan fingerprint density at radius 3 is 2.42 bits per heavy atom. The third kappa shape index (κ3) is 2.97. The molecule has 2 aliphatic rings. The summed E-state index contributed by atoms with van der Waals surface area (Å²) in [4.78, 5) is 26.1. The number of hydrogen-bond donors (Lipinski definition) is 0. The van der Waals surface area contributed by atoms with Crippen molar-refractivity contribution in [1.29, 1.82) is 5.26 Å². The Morgan fingerprint density at radius 2 is 1.79 bits per heavy atom. The molecule has 1 spiro atoms. The van der Waals surface area contributed by atoms with Gasteiger partial charge in [-0.15, -0.1) is 0 Å². The average molecular weight is 262 g/mol. The number of likely N-dealkylation sites (tertiary alicyclic amines) is 1. The van der Waals surface area contributed by atoms with Crippen molar-refractivity contribution in [3.05, 3.63) is 0 Å². The molecule has 1 heterocycles. The fourth-order valence-electron chi connectivity index (χ4n) is 3.36. The highest BCUT2D eigenvalue weighted by molar-refractivity contribution is 6.05. The van der Waals surface area contributed by atoms with Crippen LogP contribution in [0.15, 0.2) is 0 Å². The largest absolute Gasteiger partial charge is 0.282 e. The zero-order valence-corrected chi connectivity index (χ0v) is 11.5. The molecule has 0 aromatic rings. The molecule has 104 valence electrons. The summed E-state index contributed by atoms with van der Waals surface area (Å²) >= 11 is 0. The van der Waals surface area contributed by atoms with E-state index in [1.54, 1.807) is 0 Å². The first kappa shape index (κ1) is 14.0. The molecule has 4 nitrogen and oxygen atoms in total. The standard InChI is InChI=1S/C15H22N2O2/c16-10-6-3-7-11-17-13(18)12-15(14(17)19)8-4-1-2-5-9-15/h1-9,11-12H2. The predicted octanol–water partition coefficient (Wildman–Crippen LogP) is 2.78. The maximum atomic E-state index is 12.5. The summed E-state index contributed by atoms with van der Waals surface area (Å²) in [6.45, 7) is 0.501. The highest BCUT2D eigenvalue weighted by Crippen LogP contribution is 2.44. The summed E-state index contributed by atoms with van der Waals surface area (Å²) in [5, 5.41) is 8.49. The molecule has 4 heteroatoms. The van der Waals surface area contributed by atoms with Crippen molar-refractivity contribution < 1.29 is 9.59 Å². The molecule has 0 aromatic carbocycles. The van der Waals surface area contributed by atoms with Gasteiger partial charge < -0.3 is 0 Å². The van der Waals surface area contributed by atoms with Crippen LogP contribution < -0.4 is 0 Å². The summed E-state index contributed by atoms with van der Waals surface area (Å²) in [7, 11) is 0. The van der Waals surface area contributed by atoms with E-state index in [2.05, 4.69) is 6.07 Å². The number of nitriles is 1. The molecular weight excluding hydrogens is 240 g/mol. The fraction of sp³-hybridized carbons (Fsp3) is 0.800. The van der Waals surface area contributed by atoms with Gasteiger partial charge >= 0.3 is 0 Å². The molecule has 1 aliphatic carbocycles. The van der Waals surface area contributed by atoms with Gasteiger partial charge in [-0.1, -0.05) is 25.7 Å². The monoisotopic (exact) mass is 262 g/mol. The van der Waals surface area contributed by atoms with E-state index in [0.29, 0.717) is 19.4 Å². The molecule has 1 saturated heterocycles. The minimum atomic E-state index is -0.372. The lowest BCUT2D eigenvalue weighted by molar-refractivity contribution is -0.141. The number of hydrogen-bond acceptors (Lipinski definition) is 3. The summed E-state index contributed by atoms with van der Waals surface area (Å²) in [6, 6.07) is 2.09. The Kier molecular flexibility index (Phi) is 4.57. The molecule has 19 heavy (non-hydrogen) atoms. The van der Waals surface area contributed by atoms with Crippen molar-refractivity contribution in [1.82, 2.24) is 4.90 Å². The Hall–Kier alpha value is -1.37. The van der Waals surface area contributed by atoms with Gasteiger partial charge in [0.2, 0.25) is 11.8 Å². The second-order valence-electron chi connectivity index (χ2n) is 5.84. The highest BCUT2D eigenvalue weighted by atomic mass is 16.2. The van der Waals surface area contributed by atoms with E-state index < -0.39 is 0 Å². The van der Waals surface area contributed by atoms with Crippen molar-refractivity contribution in [2.24, 2.45) is 5.41 Å². The Labute approximate surface area is 114 Å². The van der Waals surface area contributed by atoms with Gasteiger partial charge in [0.25, 0.3) is 0 Å². The number of unbranched alkanes of at least 4 members (excludes halogenated alkanes) is 2. The molecule has 1 aliphatic heterocycles. The number of carbonyl (C=O) groups excluding carboxylic acids is 2. The number of imide groups is 1. The van der Waals surface area contributed by atoms with E-state index in [1.165, 1.54) is 17.7 Å². The minimum absolute atomic E-state index is 0.00357. The number of nitrogens with zero attached hydrogens (tertiary/aromatic N) is 2. The van der Waals surface area contributed by atoms with Gasteiger partial charge in [0, 0.05) is 19.4 Å². The van der Waals surface area contributed by atoms with E-state index >= 15 is 0 Å². The lowest BCUT2D eigenvalue weighted by atomic mass is 9.79. The van der Waals surface area contributed by atoms with Gasteiger partial charge in [-0.05, 0) is 25.7 Å². The summed E-state index contributed by atoms with van der Waals surface area (Å²) in [6.07, 6.45) is 8.71. The van der Waals surface area contributed by atoms with E-state index in [-0.39, 0.29) is 17.2 Å². The fourth-order valence-corrected chi connectivity index (χ4v) is 3.36. The van der Waals surface area contributed by atoms with Crippen LogP contribution in [0.5, 0.6) is 0 Å². The van der Waals surface area contributed by atoms with Crippen molar-refractivity contribution in [2.75, 3.05) is 6.54 Å². The van der Waals surface area contributed by atoms with Crippen LogP contribution in [0.25, 0.3) is 0 Å². The quantitative estimate of drug-likeness (QED) is 0.578. The van der Waals surface area contributed by atoms with Gasteiger partial charge in [-0.2, -0.15) is 5.26 Å². The Morgan fingerprint density at radius 1 is 1.11 bits per heavy atom. The zero-order valence-electron chi connectivity index (χ0n) is 11.5. The van der Waals surface area contributed by atoms with Gasteiger partial charge in [0.05, 0.1) is 11.5 Å². The van der Waals surface area contributed by atoms with E-state index in [4.69, 9.17) is 5.26 Å². The topological polar surface area (TPSA) is 61.2 Å². The number of amides is 2. The summed E-state index contributed by atoms with van der Waals surface area (Å²) in [5.74, 6) is 0.0696. The number of rotatable bonds is 4. The van der Waals surface area contributed by atoms with Crippen LogP contribution >= 0.6 is 0 Å². The van der Waals surface area contributed by atoms with Gasteiger partial charge in [0.1, 0.15) is 0 Å². The average Bonchev–Trinajstić information content (AvgIpc) is 2.59. The second kappa shape index (κ2) is 6.18. The van der Waals surface area contributed by atoms with Crippen molar-refractivity contribution in [2.45, 2.75) is 64.2 Å². The molecule has 0 aromatic heterocycles. The van der Waals surface area contributed by atoms with Crippen LogP contribution in [0.4, 0.5) is 0 Å². The van der Waals surface area contributed by atoms with Crippen molar-refractivity contribution in [3.63, 3.8) is 0 Å². The van der Waals surface area contributed by atoms with E-state index in [1.807, 2.05) is 0 Å². The lowest BCUT2D eigenvalue weighted by Gasteiger charge is -2.24. The summed E-state index contributed by atoms with van der Waals surface area (Å²) < 4.78 is 0. The molecule has 2 amide bonds. The molecule has 2 fully saturated rings. The van der Waals surface area contributed by atoms with E-state index in [9.17, 15) is 9.59 Å². The molecule has 0 unspecified atom stereocenters. The van der Waals surface area contributed by atoms with Crippen molar-refractivity contribution in [3.8, 4) is 6.07 Å². The van der Waals surface area contributed by atoms with Crippen LogP contribution in [0.2, 0.25) is 0 Å². The van der Waals surface area contributed by atoms with Crippen LogP contribution in [-0.2, 0) is 9.59 Å². The molecular formula is C15H22N2O2. The molecule has 0 N–H and O–H groups in total. The Bertz CT molecular complexity index is 389. The first-order valence-corrected chi connectivity index (χ1v) is 7.41. The third-order valence-corrected chi connectivity index (χ3v) is 4.47. The van der Waals surface area contributed by atoms with Gasteiger partial charge in [0.15, 0.2) is 0 Å². The molecule has 0 bridgehead atoms. The van der Waals surface area contributed by atoms with Crippen LogP contribution in [-0.4, -0.2) is 23.3 Å². The SMILES string of the molecule is N#CCCCCN1C(=O)CC2(CCCCCC2)C1=O. The zero-order chi connectivity index (χ0) is 13.7. The first-order chi connectivity index (χ1) is 9.19. The molecule has 1 saturated carbocycles. The maximum Gasteiger partial charge on any atom is 0.235 e. The van der Waals surface area contributed by atoms with Crippen LogP contribution in [0, 0.1) is 16.7 Å². The predicted molar refractivity (Wildman–Crippen MR) is 70.9 cm³/mol. The smallest absolute Gasteiger partial charge is 0.235 e. The number of carbonyl (C=O) groups is 2. The molecule has 0 atom stereocenters. The maximum absolute atomic E-state index is 12.5. The molecule has 2 rings (SSSR count). The Balaban J connectivity index is 1.97. The van der Waals surface area contributed by atoms with Crippen LogP contribution in [0.3, 0.4) is 0 Å². The molecule has 0 radical (unpaired) electrons. The second-order valence-corrected chi connectivity index (χ2v) is 5.84. The van der Waals surface area contributed by atoms with Gasteiger partial charge in [-0.3, -0.25) is 14.5 Å². The minimum Gasteiger partial charge on any atom is -0.282 e. The van der Waals surface area contributed by atoms with Crippen LogP contribution in [0.1, 0.15) is 64.2 Å².